The van der Waals surface area contributed by atoms with Gasteiger partial charge in [0.15, 0.2) is 11.6 Å². The summed E-state index contributed by atoms with van der Waals surface area (Å²) in [4.78, 5) is 49.3. The second kappa shape index (κ2) is 11.3. The molecule has 2 aliphatic heterocycles. The number of hydrogen-bond donors (Lipinski definition) is 0. The maximum atomic E-state index is 12.8. The molecule has 0 aromatic rings. The Morgan fingerprint density at radius 1 is 0.627 bits per heavy atom. The molecule has 6 heteroatoms. The maximum absolute atomic E-state index is 12.8. The molecule has 51 heavy (non-hydrogen) atoms. The van der Waals surface area contributed by atoms with E-state index in [-0.39, 0.29) is 50.2 Å². The second-order valence-electron chi connectivity index (χ2n) is 20.1. The second-order valence-corrected chi connectivity index (χ2v) is 20.1. The SMILES string of the molecule is CC12C=CC(=O)C=C1CCC1C2CCC2(C)C1CC[C@@]21CCOC1=O.CC1CC2=CC(=O)CCC2(C)C2CCC3(C)C(CC[C@@]34CCOC4=O)C12. The van der Waals surface area contributed by atoms with E-state index in [2.05, 4.69) is 40.7 Å². The van der Waals surface area contributed by atoms with Gasteiger partial charge in [-0.3, -0.25) is 19.2 Å². The molecule has 0 bridgehead atoms. The number of rotatable bonds is 0. The largest absolute Gasteiger partial charge is 0.465 e. The summed E-state index contributed by atoms with van der Waals surface area (Å²) in [6.45, 7) is 13.2. The van der Waals surface area contributed by atoms with Crippen LogP contribution in [0.15, 0.2) is 35.5 Å². The van der Waals surface area contributed by atoms with E-state index in [0.717, 1.165) is 64.2 Å². The molecule has 0 N–H and O–H groups in total. The van der Waals surface area contributed by atoms with Crippen molar-refractivity contribution < 1.29 is 28.7 Å². The predicted molar refractivity (Wildman–Crippen MR) is 194 cm³/mol. The Kier molecular flexibility index (Phi) is 7.57. The van der Waals surface area contributed by atoms with Crippen LogP contribution in [-0.4, -0.2) is 36.7 Å². The third-order valence-electron chi connectivity index (χ3n) is 18.9. The third kappa shape index (κ3) is 4.34. The van der Waals surface area contributed by atoms with Gasteiger partial charge in [-0.25, -0.2) is 0 Å². The van der Waals surface area contributed by atoms with Crippen molar-refractivity contribution in [3.63, 3.8) is 0 Å². The molecule has 10 aliphatic rings. The molecule has 10 rings (SSSR count). The van der Waals surface area contributed by atoms with E-state index < -0.39 is 0 Å². The number of fused-ring (bicyclic) bond motifs is 12. The zero-order valence-electron chi connectivity index (χ0n) is 31.8. The summed E-state index contributed by atoms with van der Waals surface area (Å²) in [5.74, 6) is 5.20. The zero-order valence-corrected chi connectivity index (χ0v) is 31.8. The molecule has 2 heterocycles. The van der Waals surface area contributed by atoms with Crippen LogP contribution in [0.1, 0.15) is 131 Å². The van der Waals surface area contributed by atoms with Gasteiger partial charge in [0, 0.05) is 11.8 Å². The minimum Gasteiger partial charge on any atom is -0.465 e. The molecule has 0 amide bonds. The van der Waals surface area contributed by atoms with Gasteiger partial charge >= 0.3 is 11.9 Å². The summed E-state index contributed by atoms with van der Waals surface area (Å²) in [7, 11) is 0. The molecular formula is C45H60O6. The Morgan fingerprint density at radius 2 is 1.24 bits per heavy atom. The summed E-state index contributed by atoms with van der Waals surface area (Å²) in [5.41, 5.74) is 2.82. The molecule has 0 radical (unpaired) electrons. The summed E-state index contributed by atoms with van der Waals surface area (Å²) in [5, 5.41) is 0. The standard InChI is InChI=1S/C23H32O3.C22H28O3/c1-14-12-15-13-16(24)4-7-21(15,2)17-5-8-22(3)18(19(14)17)6-9-23(22)10-11-26-20(23)25;1-20-8-5-15(23)13-14(20)3-4-16-17(20)6-9-21(2)18(16)7-10-22(21)11-12-25-19(22)24/h13-14,17-19H,4-12H2,1-3H3;5,8,13,16-18H,3-4,6-7,9-12H2,1-2H3/t14?,17?,18?,19?,21?,22?,23-;16?,17?,18?,20?,21?,22-/m00/s1. The number of ketones is 2. The molecule has 276 valence electrons. The fourth-order valence-corrected chi connectivity index (χ4v) is 16.0. The van der Waals surface area contributed by atoms with Crippen molar-refractivity contribution in [2.24, 2.45) is 73.9 Å². The van der Waals surface area contributed by atoms with Crippen molar-refractivity contribution in [2.45, 2.75) is 131 Å². The van der Waals surface area contributed by atoms with Crippen LogP contribution < -0.4 is 0 Å². The fourth-order valence-electron chi connectivity index (χ4n) is 16.0. The summed E-state index contributed by atoms with van der Waals surface area (Å²) >= 11 is 0. The van der Waals surface area contributed by atoms with E-state index in [0.29, 0.717) is 60.4 Å². The molecular weight excluding hydrogens is 636 g/mol. The van der Waals surface area contributed by atoms with Crippen LogP contribution in [0.25, 0.3) is 0 Å². The Bertz CT molecular complexity index is 1670. The lowest BCUT2D eigenvalue weighted by molar-refractivity contribution is -0.158. The molecule has 6 nitrogen and oxygen atoms in total. The van der Waals surface area contributed by atoms with E-state index in [9.17, 15) is 19.2 Å². The topological polar surface area (TPSA) is 86.7 Å². The Labute approximate surface area is 305 Å². The average molecular weight is 697 g/mol. The van der Waals surface area contributed by atoms with Gasteiger partial charge in [-0.15, -0.1) is 0 Å². The van der Waals surface area contributed by atoms with Gasteiger partial charge in [0.05, 0.1) is 24.0 Å². The van der Waals surface area contributed by atoms with E-state index in [4.69, 9.17) is 9.47 Å². The van der Waals surface area contributed by atoms with Crippen molar-refractivity contribution in [3.05, 3.63) is 35.5 Å². The highest BCUT2D eigenvalue weighted by Crippen LogP contribution is 2.73. The maximum Gasteiger partial charge on any atom is 0.312 e. The van der Waals surface area contributed by atoms with Crippen LogP contribution in [0.5, 0.6) is 0 Å². The molecule has 6 saturated carbocycles. The number of ether oxygens (including phenoxy) is 2. The van der Waals surface area contributed by atoms with E-state index in [1.54, 1.807) is 6.08 Å². The lowest BCUT2D eigenvalue weighted by Crippen LogP contribution is -2.55. The fraction of sp³-hybridized carbons (Fsp3) is 0.778. The normalized spacial score (nSPS) is 52.0. The number of carbonyl (C=O) groups excluding carboxylic acids is 4. The molecule has 2 saturated heterocycles. The van der Waals surface area contributed by atoms with Crippen LogP contribution in [-0.2, 0) is 28.7 Å². The zero-order chi connectivity index (χ0) is 35.8. The van der Waals surface area contributed by atoms with E-state index >= 15 is 0 Å². The highest BCUT2D eigenvalue weighted by molar-refractivity contribution is 6.01. The van der Waals surface area contributed by atoms with Gasteiger partial charge in [0.1, 0.15) is 0 Å². The van der Waals surface area contributed by atoms with Gasteiger partial charge in [-0.05, 0) is 166 Å². The average Bonchev–Trinajstić information content (AvgIpc) is 3.84. The van der Waals surface area contributed by atoms with Crippen molar-refractivity contribution in [1.82, 2.24) is 0 Å². The lowest BCUT2D eigenvalue weighted by Gasteiger charge is -2.61. The van der Waals surface area contributed by atoms with Gasteiger partial charge < -0.3 is 9.47 Å². The highest BCUT2D eigenvalue weighted by Gasteiger charge is 2.70. The first kappa shape index (κ1) is 34.3. The first-order valence-corrected chi connectivity index (χ1v) is 20.8. The monoisotopic (exact) mass is 696 g/mol. The number of carbonyl (C=O) groups is 4. The van der Waals surface area contributed by atoms with E-state index in [1.807, 2.05) is 12.2 Å². The number of hydrogen-bond acceptors (Lipinski definition) is 6. The molecule has 11 unspecified atom stereocenters. The molecule has 0 aromatic heterocycles. The molecule has 2 spiro atoms. The first-order chi connectivity index (χ1) is 24.2. The van der Waals surface area contributed by atoms with Crippen LogP contribution in [0.4, 0.5) is 0 Å². The van der Waals surface area contributed by atoms with Crippen molar-refractivity contribution in [1.29, 1.82) is 0 Å². The van der Waals surface area contributed by atoms with Crippen LogP contribution in [0.2, 0.25) is 0 Å². The van der Waals surface area contributed by atoms with Crippen LogP contribution in [0, 0.1) is 73.9 Å². The van der Waals surface area contributed by atoms with Crippen molar-refractivity contribution >= 4 is 23.5 Å². The lowest BCUT2D eigenvalue weighted by atomic mass is 9.43. The van der Waals surface area contributed by atoms with E-state index in [1.165, 1.54) is 43.3 Å². The van der Waals surface area contributed by atoms with Crippen molar-refractivity contribution in [3.8, 4) is 0 Å². The summed E-state index contributed by atoms with van der Waals surface area (Å²) in [6, 6.07) is 0. The minimum atomic E-state index is -0.210. The third-order valence-corrected chi connectivity index (χ3v) is 18.9. The molecule has 8 aliphatic carbocycles. The van der Waals surface area contributed by atoms with Gasteiger partial charge in [0.25, 0.3) is 0 Å². The number of esters is 2. The number of cyclic esters (lactones) is 2. The Balaban J connectivity index is 0.000000137. The van der Waals surface area contributed by atoms with Crippen molar-refractivity contribution in [2.75, 3.05) is 13.2 Å². The Morgan fingerprint density at radius 3 is 1.88 bits per heavy atom. The van der Waals surface area contributed by atoms with Gasteiger partial charge in [-0.1, -0.05) is 51.8 Å². The molecule has 13 atom stereocenters. The number of allylic oxidation sites excluding steroid dienone is 5. The minimum absolute atomic E-state index is 0.0457. The molecule has 0 aromatic carbocycles. The van der Waals surface area contributed by atoms with Gasteiger partial charge in [0.2, 0.25) is 0 Å². The smallest absolute Gasteiger partial charge is 0.312 e. The quantitative estimate of drug-likeness (QED) is 0.235. The van der Waals surface area contributed by atoms with Crippen LogP contribution >= 0.6 is 0 Å². The predicted octanol–water partition coefficient (Wildman–Crippen LogP) is 8.93. The summed E-state index contributed by atoms with van der Waals surface area (Å²) < 4.78 is 11.0. The van der Waals surface area contributed by atoms with Crippen LogP contribution in [0.3, 0.4) is 0 Å². The Hall–Kier alpha value is -2.50. The molecule has 8 fully saturated rings. The highest BCUT2D eigenvalue weighted by atomic mass is 16.5. The van der Waals surface area contributed by atoms with Gasteiger partial charge in [-0.2, -0.15) is 0 Å². The first-order valence-electron chi connectivity index (χ1n) is 20.8. The summed E-state index contributed by atoms with van der Waals surface area (Å²) in [6.07, 6.45) is 23.8.